The lowest BCUT2D eigenvalue weighted by molar-refractivity contribution is 0.0956. The van der Waals surface area contributed by atoms with Crippen molar-refractivity contribution in [3.63, 3.8) is 0 Å². The largest absolute Gasteiger partial charge is 0.399 e. The van der Waals surface area contributed by atoms with Crippen molar-refractivity contribution in [3.05, 3.63) is 41.4 Å². The molecule has 3 nitrogen and oxygen atoms in total. The van der Waals surface area contributed by atoms with Crippen LogP contribution in [-0.2, 0) is 0 Å². The fourth-order valence-corrected chi connectivity index (χ4v) is 2.07. The molecule has 0 aromatic heterocycles. The van der Waals surface area contributed by atoms with Gasteiger partial charge in [0.15, 0.2) is 0 Å². The zero-order valence-corrected chi connectivity index (χ0v) is 11.0. The second kappa shape index (κ2) is 7.25. The number of rotatable bonds is 6. The predicted octanol–water partition coefficient (Wildman–Crippen LogP) is 2.57. The molecule has 0 spiro atoms. The Morgan fingerprint density at radius 1 is 1.53 bits per heavy atom. The lowest BCUT2D eigenvalue weighted by Gasteiger charge is -2.06. The van der Waals surface area contributed by atoms with Crippen molar-refractivity contribution in [1.82, 2.24) is 5.32 Å². The highest BCUT2D eigenvalue weighted by atomic mass is 35.5. The van der Waals surface area contributed by atoms with Gasteiger partial charge in [0.1, 0.15) is 0 Å². The van der Waals surface area contributed by atoms with E-state index in [-0.39, 0.29) is 5.91 Å². The molecule has 0 bridgehead atoms. The van der Waals surface area contributed by atoms with Gasteiger partial charge >= 0.3 is 0 Å². The molecule has 0 saturated heterocycles. The number of anilines is 1. The minimum Gasteiger partial charge on any atom is -0.399 e. The molecule has 5 heteroatoms. The first-order valence-electron chi connectivity index (χ1n) is 5.16. The van der Waals surface area contributed by atoms with Gasteiger partial charge in [-0.2, -0.15) is 11.8 Å². The molecule has 1 amide bonds. The van der Waals surface area contributed by atoms with E-state index in [9.17, 15) is 4.79 Å². The molecular formula is C12H15ClN2OS. The third-order valence-corrected chi connectivity index (χ3v) is 3.13. The number of halogens is 1. The van der Waals surface area contributed by atoms with Crippen molar-refractivity contribution in [2.75, 3.05) is 23.8 Å². The molecule has 0 aliphatic rings. The number of amides is 1. The first kappa shape index (κ1) is 13.9. The Kier molecular flexibility index (Phi) is 5.94. The normalized spacial score (nSPS) is 9.94. The van der Waals surface area contributed by atoms with Crippen molar-refractivity contribution in [3.8, 4) is 0 Å². The maximum absolute atomic E-state index is 11.7. The molecule has 17 heavy (non-hydrogen) atoms. The number of carbonyl (C=O) groups is 1. The van der Waals surface area contributed by atoms with E-state index in [1.54, 1.807) is 30.0 Å². The zero-order valence-electron chi connectivity index (χ0n) is 9.41. The molecule has 0 heterocycles. The Morgan fingerprint density at radius 2 is 2.29 bits per heavy atom. The minimum absolute atomic E-state index is 0.154. The summed E-state index contributed by atoms with van der Waals surface area (Å²) in [6, 6.07) is 4.82. The van der Waals surface area contributed by atoms with E-state index in [0.29, 0.717) is 22.8 Å². The molecule has 0 aliphatic heterocycles. The first-order valence-corrected chi connectivity index (χ1v) is 6.69. The van der Waals surface area contributed by atoms with E-state index in [0.717, 1.165) is 11.5 Å². The summed E-state index contributed by atoms with van der Waals surface area (Å²) < 4.78 is 0. The van der Waals surface area contributed by atoms with E-state index < -0.39 is 0 Å². The number of thioether (sulfide) groups is 1. The van der Waals surface area contributed by atoms with Gasteiger partial charge in [-0.15, -0.1) is 6.58 Å². The molecule has 0 atom stereocenters. The fraction of sp³-hybridized carbons (Fsp3) is 0.250. The maximum Gasteiger partial charge on any atom is 0.251 e. The van der Waals surface area contributed by atoms with Crippen molar-refractivity contribution < 1.29 is 4.79 Å². The Hall–Kier alpha value is -1.13. The standard InChI is InChI=1S/C12H15ClN2OS/c1-2-4-17-5-3-15-12(16)9-6-10(13)8-11(14)7-9/h2,6-8H,1,3-5,14H2,(H,15,16). The van der Waals surface area contributed by atoms with Crippen LogP contribution in [0.3, 0.4) is 0 Å². The lowest BCUT2D eigenvalue weighted by Crippen LogP contribution is -2.25. The second-order valence-corrected chi connectivity index (χ2v) is 4.98. The van der Waals surface area contributed by atoms with Crippen LogP contribution in [0, 0.1) is 0 Å². The van der Waals surface area contributed by atoms with Crippen LogP contribution >= 0.6 is 23.4 Å². The highest BCUT2D eigenvalue weighted by Crippen LogP contribution is 2.16. The molecule has 3 N–H and O–H groups in total. The van der Waals surface area contributed by atoms with Crippen LogP contribution < -0.4 is 11.1 Å². The molecule has 1 rings (SSSR count). The van der Waals surface area contributed by atoms with E-state index in [2.05, 4.69) is 11.9 Å². The molecule has 1 aromatic rings. The second-order valence-electron chi connectivity index (χ2n) is 3.39. The smallest absolute Gasteiger partial charge is 0.251 e. The van der Waals surface area contributed by atoms with Crippen molar-refractivity contribution >= 4 is 35.0 Å². The molecule has 92 valence electrons. The van der Waals surface area contributed by atoms with Gasteiger partial charge in [0.2, 0.25) is 0 Å². The summed E-state index contributed by atoms with van der Waals surface area (Å²) in [6.07, 6.45) is 1.84. The van der Waals surface area contributed by atoms with E-state index in [1.165, 1.54) is 0 Å². The maximum atomic E-state index is 11.7. The number of hydrogen-bond donors (Lipinski definition) is 2. The molecule has 0 fully saturated rings. The SMILES string of the molecule is C=CCSCCNC(=O)c1cc(N)cc(Cl)c1. The van der Waals surface area contributed by atoms with E-state index in [1.807, 2.05) is 6.08 Å². The van der Waals surface area contributed by atoms with Crippen LogP contribution in [0.25, 0.3) is 0 Å². The fourth-order valence-electron chi connectivity index (χ4n) is 1.25. The molecule has 0 aliphatic carbocycles. The molecule has 0 saturated carbocycles. The van der Waals surface area contributed by atoms with Crippen LogP contribution in [0.5, 0.6) is 0 Å². The summed E-state index contributed by atoms with van der Waals surface area (Å²) >= 11 is 7.53. The van der Waals surface area contributed by atoms with E-state index in [4.69, 9.17) is 17.3 Å². The summed E-state index contributed by atoms with van der Waals surface area (Å²) in [4.78, 5) is 11.7. The Balaban J connectivity index is 2.44. The van der Waals surface area contributed by atoms with Gasteiger partial charge in [-0.3, -0.25) is 4.79 Å². The van der Waals surface area contributed by atoms with Gasteiger partial charge in [-0.1, -0.05) is 17.7 Å². The van der Waals surface area contributed by atoms with Gasteiger partial charge in [0, 0.05) is 34.3 Å². The minimum atomic E-state index is -0.154. The van der Waals surface area contributed by atoms with Crippen LogP contribution in [0.15, 0.2) is 30.9 Å². The molecule has 0 unspecified atom stereocenters. The summed E-state index contributed by atoms with van der Waals surface area (Å²) in [7, 11) is 0. The number of benzene rings is 1. The average Bonchev–Trinajstić information content (AvgIpc) is 2.27. The third-order valence-electron chi connectivity index (χ3n) is 1.95. The van der Waals surface area contributed by atoms with Gasteiger partial charge in [-0.25, -0.2) is 0 Å². The Morgan fingerprint density at radius 3 is 2.94 bits per heavy atom. The van der Waals surface area contributed by atoms with Gasteiger partial charge in [-0.05, 0) is 18.2 Å². The summed E-state index contributed by atoms with van der Waals surface area (Å²) in [5.74, 6) is 1.59. The lowest BCUT2D eigenvalue weighted by atomic mass is 10.2. The van der Waals surface area contributed by atoms with Crippen molar-refractivity contribution in [2.24, 2.45) is 0 Å². The number of hydrogen-bond acceptors (Lipinski definition) is 3. The third kappa shape index (κ3) is 5.15. The average molecular weight is 271 g/mol. The van der Waals surface area contributed by atoms with Gasteiger partial charge in [0.25, 0.3) is 5.91 Å². The summed E-state index contributed by atoms with van der Waals surface area (Å²) in [5, 5.41) is 3.27. The van der Waals surface area contributed by atoms with Gasteiger partial charge < -0.3 is 11.1 Å². The summed E-state index contributed by atoms with van der Waals surface area (Å²) in [6.45, 7) is 4.24. The zero-order chi connectivity index (χ0) is 12.7. The van der Waals surface area contributed by atoms with Crippen LogP contribution in [0.2, 0.25) is 5.02 Å². The van der Waals surface area contributed by atoms with Crippen LogP contribution in [-0.4, -0.2) is 24.0 Å². The molecular weight excluding hydrogens is 256 g/mol. The van der Waals surface area contributed by atoms with Gasteiger partial charge in [0.05, 0.1) is 0 Å². The number of nitrogen functional groups attached to an aromatic ring is 1. The van der Waals surface area contributed by atoms with Crippen LogP contribution in [0.4, 0.5) is 5.69 Å². The highest BCUT2D eigenvalue weighted by Gasteiger charge is 2.06. The predicted molar refractivity (Wildman–Crippen MR) is 75.7 cm³/mol. The summed E-state index contributed by atoms with van der Waals surface area (Å²) in [5.41, 5.74) is 6.59. The van der Waals surface area contributed by atoms with Crippen molar-refractivity contribution in [2.45, 2.75) is 0 Å². The Bertz CT molecular complexity index is 389. The molecule has 0 radical (unpaired) electrons. The Labute approximate surface area is 110 Å². The molecule has 1 aromatic carbocycles. The number of carbonyl (C=O) groups excluding carboxylic acids is 1. The topological polar surface area (TPSA) is 55.1 Å². The number of nitrogens with two attached hydrogens (primary N) is 1. The quantitative estimate of drug-likeness (QED) is 0.475. The van der Waals surface area contributed by atoms with Crippen molar-refractivity contribution in [1.29, 1.82) is 0 Å². The first-order chi connectivity index (χ1) is 8.13. The van der Waals surface area contributed by atoms with Crippen LogP contribution in [0.1, 0.15) is 10.4 Å². The highest BCUT2D eigenvalue weighted by molar-refractivity contribution is 7.99. The monoisotopic (exact) mass is 270 g/mol. The van der Waals surface area contributed by atoms with E-state index >= 15 is 0 Å². The number of nitrogens with one attached hydrogen (secondary N) is 1.